The molecular weight excluding hydrogens is 825 g/mol. The second kappa shape index (κ2) is 50.1. The zero-order valence-electron chi connectivity index (χ0n) is 44.4. The van der Waals surface area contributed by atoms with Gasteiger partial charge in [0.1, 0.15) is 12.2 Å². The summed E-state index contributed by atoms with van der Waals surface area (Å²) in [7, 11) is 0. The normalized spacial score (nSPS) is 12.8. The fourth-order valence-corrected chi connectivity index (χ4v) is 9.19. The van der Waals surface area contributed by atoms with Crippen molar-refractivity contribution in [2.45, 2.75) is 296 Å². The maximum atomic E-state index is 13.0. The molecule has 0 saturated carbocycles. The van der Waals surface area contributed by atoms with E-state index in [2.05, 4.69) is 37.5 Å². The van der Waals surface area contributed by atoms with Crippen LogP contribution in [0.4, 0.5) is 0 Å². The van der Waals surface area contributed by atoms with Gasteiger partial charge in [0, 0.05) is 39.0 Å². The predicted octanol–water partition coefficient (Wildman–Crippen LogP) is 13.0. The Kier molecular flexibility index (Phi) is 49.1. The fourth-order valence-electron chi connectivity index (χ4n) is 9.19. The Bertz CT molecular complexity index is 913. The summed E-state index contributed by atoms with van der Waals surface area (Å²) in [5.74, 6) is -0.0824. The van der Waals surface area contributed by atoms with Gasteiger partial charge in [0.15, 0.2) is 0 Å². The molecule has 0 amide bonds. The van der Waals surface area contributed by atoms with Gasteiger partial charge in [0.2, 0.25) is 0 Å². The molecule has 0 aliphatic heterocycles. The molecule has 0 spiro atoms. The van der Waals surface area contributed by atoms with E-state index in [1.807, 2.05) is 0 Å². The molecule has 394 valence electrons. The molecule has 0 aliphatic rings. The highest BCUT2D eigenvalue weighted by Crippen LogP contribution is 2.20. The Morgan fingerprint density at radius 1 is 0.379 bits per heavy atom. The van der Waals surface area contributed by atoms with Crippen LogP contribution >= 0.6 is 0 Å². The number of esters is 2. The number of rotatable bonds is 53. The molecule has 0 saturated heterocycles. The Labute approximate surface area is 409 Å². The number of aliphatic hydroxyl groups excluding tert-OH is 2. The monoisotopic (exact) mass is 939 g/mol. The summed E-state index contributed by atoms with van der Waals surface area (Å²) in [6, 6.07) is 0. The number of aliphatic hydroxyl groups is 2. The van der Waals surface area contributed by atoms with Crippen molar-refractivity contribution in [2.24, 2.45) is 11.5 Å². The van der Waals surface area contributed by atoms with Crippen molar-refractivity contribution in [1.29, 1.82) is 0 Å². The number of unbranched alkanes of at least 4 members (excludes halogenated alkanes) is 25. The lowest BCUT2D eigenvalue weighted by Crippen LogP contribution is -2.39. The first-order valence-electron chi connectivity index (χ1n) is 28.8. The summed E-state index contributed by atoms with van der Waals surface area (Å²) in [4.78, 5) is 30.5. The van der Waals surface area contributed by atoms with Gasteiger partial charge in [-0.1, -0.05) is 169 Å². The molecule has 0 aromatic rings. The van der Waals surface area contributed by atoms with Crippen molar-refractivity contribution in [2.75, 3.05) is 52.4 Å². The Morgan fingerprint density at radius 2 is 0.621 bits per heavy atom. The van der Waals surface area contributed by atoms with Crippen molar-refractivity contribution in [3.63, 3.8) is 0 Å². The topological polar surface area (TPSA) is 152 Å². The quantitative estimate of drug-likeness (QED) is 0.0343. The van der Waals surface area contributed by atoms with E-state index in [4.69, 9.17) is 20.9 Å². The summed E-state index contributed by atoms with van der Waals surface area (Å²) >= 11 is 0. The largest absolute Gasteiger partial charge is 0.462 e. The Hall–Kier alpha value is -1.30. The van der Waals surface area contributed by atoms with Crippen LogP contribution in [-0.2, 0) is 19.1 Å². The van der Waals surface area contributed by atoms with Gasteiger partial charge in [-0.15, -0.1) is 0 Å². The third-order valence-electron chi connectivity index (χ3n) is 13.5. The molecule has 0 radical (unpaired) electrons. The van der Waals surface area contributed by atoms with Crippen LogP contribution in [0.1, 0.15) is 272 Å². The molecule has 0 heterocycles. The first kappa shape index (κ1) is 64.7. The molecule has 66 heavy (non-hydrogen) atoms. The molecule has 0 bridgehead atoms. The average molecular weight is 940 g/mol. The first-order chi connectivity index (χ1) is 32.2. The maximum Gasteiger partial charge on any atom is 0.306 e. The van der Waals surface area contributed by atoms with E-state index in [1.165, 1.54) is 128 Å². The SMILES string of the molecule is CCCCCCCCC(CCCCCCCC)OC(=O)CCCCCN(CCCCN(CCCCCC(=O)OC(CCCCCCCC)CCCCCCCC)CC(O)CN)CC(O)CN. The van der Waals surface area contributed by atoms with Crippen LogP contribution in [0, 0.1) is 0 Å². The standard InChI is InChI=1S/C56H114N4O6/c1-5-9-13-17-21-27-37-53(38-28-22-18-14-10-6-2)65-55(63)41-31-25-33-43-59(49-51(61)47-57)45-35-36-46-60(50-52(62)48-58)44-34-26-32-42-56(64)66-54(39-29-23-19-15-11-7-3)40-30-24-20-16-12-8-4/h51-54,61-62H,5-50,57-58H2,1-4H3. The van der Waals surface area contributed by atoms with Crippen molar-refractivity contribution < 1.29 is 29.3 Å². The molecule has 0 rings (SSSR count). The Morgan fingerprint density at radius 3 is 0.894 bits per heavy atom. The van der Waals surface area contributed by atoms with Crippen LogP contribution in [-0.4, -0.2) is 109 Å². The van der Waals surface area contributed by atoms with Crippen molar-refractivity contribution >= 4 is 11.9 Å². The molecule has 0 aromatic heterocycles. The van der Waals surface area contributed by atoms with E-state index >= 15 is 0 Å². The lowest BCUT2D eigenvalue weighted by molar-refractivity contribution is -0.151. The summed E-state index contributed by atoms with van der Waals surface area (Å²) in [6.07, 6.45) is 41.5. The van der Waals surface area contributed by atoms with E-state index in [0.717, 1.165) is 129 Å². The second-order valence-electron chi connectivity index (χ2n) is 20.2. The first-order valence-corrected chi connectivity index (χ1v) is 28.8. The fraction of sp³-hybridized carbons (Fsp3) is 0.964. The third kappa shape index (κ3) is 43.9. The maximum absolute atomic E-state index is 13.0. The summed E-state index contributed by atoms with van der Waals surface area (Å²) in [5, 5.41) is 20.9. The minimum atomic E-state index is -0.560. The smallest absolute Gasteiger partial charge is 0.306 e. The van der Waals surface area contributed by atoms with Gasteiger partial charge in [-0.3, -0.25) is 9.59 Å². The lowest BCUT2D eigenvalue weighted by atomic mass is 10.0. The van der Waals surface area contributed by atoms with Gasteiger partial charge >= 0.3 is 11.9 Å². The lowest BCUT2D eigenvalue weighted by Gasteiger charge is -2.27. The molecule has 10 heteroatoms. The average Bonchev–Trinajstić information content (AvgIpc) is 3.31. The number of hydrogen-bond acceptors (Lipinski definition) is 10. The molecule has 0 aromatic carbocycles. The number of nitrogens with two attached hydrogens (primary N) is 2. The van der Waals surface area contributed by atoms with Crippen molar-refractivity contribution in [3.8, 4) is 0 Å². The zero-order chi connectivity index (χ0) is 48.6. The molecule has 2 atom stereocenters. The van der Waals surface area contributed by atoms with Crippen LogP contribution in [0.5, 0.6) is 0 Å². The van der Waals surface area contributed by atoms with Gasteiger partial charge in [0.25, 0.3) is 0 Å². The van der Waals surface area contributed by atoms with Crippen LogP contribution < -0.4 is 11.5 Å². The second-order valence-corrected chi connectivity index (χ2v) is 20.2. The van der Waals surface area contributed by atoms with Gasteiger partial charge < -0.3 is 41.0 Å². The number of hydrogen-bond donors (Lipinski definition) is 4. The van der Waals surface area contributed by atoms with Crippen LogP contribution in [0.25, 0.3) is 0 Å². The highest BCUT2D eigenvalue weighted by atomic mass is 16.5. The number of nitrogens with zero attached hydrogens (tertiary/aromatic N) is 2. The molecule has 0 aliphatic carbocycles. The Balaban J connectivity index is 4.79. The molecule has 2 unspecified atom stereocenters. The van der Waals surface area contributed by atoms with Crippen LogP contribution in [0.2, 0.25) is 0 Å². The van der Waals surface area contributed by atoms with E-state index in [1.54, 1.807) is 0 Å². The van der Waals surface area contributed by atoms with Crippen molar-refractivity contribution in [1.82, 2.24) is 9.80 Å². The molecular formula is C56H114N4O6. The highest BCUT2D eigenvalue weighted by Gasteiger charge is 2.17. The third-order valence-corrected chi connectivity index (χ3v) is 13.5. The van der Waals surface area contributed by atoms with Gasteiger partial charge in [-0.25, -0.2) is 0 Å². The van der Waals surface area contributed by atoms with Crippen LogP contribution in [0.15, 0.2) is 0 Å². The van der Waals surface area contributed by atoms with Gasteiger partial charge in [0.05, 0.1) is 12.2 Å². The van der Waals surface area contributed by atoms with E-state index < -0.39 is 12.2 Å². The number of carbonyl (C=O) groups is 2. The predicted molar refractivity (Wildman–Crippen MR) is 281 cm³/mol. The van der Waals surface area contributed by atoms with E-state index in [-0.39, 0.29) is 37.2 Å². The summed E-state index contributed by atoms with van der Waals surface area (Å²) < 4.78 is 12.2. The van der Waals surface area contributed by atoms with E-state index in [9.17, 15) is 19.8 Å². The molecule has 0 fully saturated rings. The highest BCUT2D eigenvalue weighted by molar-refractivity contribution is 5.69. The minimum absolute atomic E-state index is 0.0412. The summed E-state index contributed by atoms with van der Waals surface area (Å²) in [5.41, 5.74) is 11.6. The van der Waals surface area contributed by atoms with Gasteiger partial charge in [-0.2, -0.15) is 0 Å². The van der Waals surface area contributed by atoms with Crippen molar-refractivity contribution in [3.05, 3.63) is 0 Å². The van der Waals surface area contributed by atoms with E-state index in [0.29, 0.717) is 25.9 Å². The van der Waals surface area contributed by atoms with Crippen LogP contribution in [0.3, 0.4) is 0 Å². The summed E-state index contributed by atoms with van der Waals surface area (Å²) in [6.45, 7) is 14.0. The number of ether oxygens (including phenoxy) is 2. The molecule has 6 N–H and O–H groups in total. The minimum Gasteiger partial charge on any atom is -0.462 e. The number of carbonyl (C=O) groups excluding carboxylic acids is 2. The van der Waals surface area contributed by atoms with Gasteiger partial charge in [-0.05, 0) is 116 Å². The molecule has 10 nitrogen and oxygen atoms in total. The zero-order valence-corrected chi connectivity index (χ0v) is 44.4.